The fourth-order valence-corrected chi connectivity index (χ4v) is 5.93. The van der Waals surface area contributed by atoms with Crippen molar-refractivity contribution in [3.05, 3.63) is 75.5 Å². The smallest absolute Gasteiger partial charge is 0.252 e. The Labute approximate surface area is 219 Å². The van der Waals surface area contributed by atoms with Crippen molar-refractivity contribution in [3.8, 4) is 16.2 Å². The molecule has 6 nitrogen and oxygen atoms in total. The summed E-state index contributed by atoms with van der Waals surface area (Å²) in [5, 5.41) is 9.25. The number of nitrogens with zero attached hydrogens (tertiary/aromatic N) is 2. The Bertz CT molecular complexity index is 1480. The number of halogens is 1. The lowest BCUT2D eigenvalue weighted by Crippen LogP contribution is -2.46. The van der Waals surface area contributed by atoms with Gasteiger partial charge in [-0.3, -0.25) is 9.78 Å². The first-order valence-corrected chi connectivity index (χ1v) is 13.4. The molecule has 1 unspecified atom stereocenters. The zero-order valence-electron chi connectivity index (χ0n) is 20.2. The maximum absolute atomic E-state index is 13.6. The number of aryl methyl sites for hydroxylation is 2. The molecule has 1 amide bonds. The molecule has 6 rings (SSSR count). The number of hydrogen-bond acceptors (Lipinski definition) is 6. The number of ether oxygens (including phenoxy) is 1. The van der Waals surface area contributed by atoms with E-state index >= 15 is 0 Å². The number of carbonyl (C=O) groups is 1. The van der Waals surface area contributed by atoms with Gasteiger partial charge in [-0.2, -0.15) is 0 Å². The van der Waals surface area contributed by atoms with Crippen LogP contribution in [0.5, 0.6) is 5.75 Å². The highest BCUT2D eigenvalue weighted by molar-refractivity contribution is 7.15. The third kappa shape index (κ3) is 4.25. The molecular weight excluding hydrogens is 492 g/mol. The normalized spacial score (nSPS) is 18.0. The van der Waals surface area contributed by atoms with E-state index in [-0.39, 0.29) is 5.91 Å². The van der Waals surface area contributed by atoms with Gasteiger partial charge >= 0.3 is 0 Å². The van der Waals surface area contributed by atoms with Crippen LogP contribution in [0.1, 0.15) is 45.8 Å². The van der Waals surface area contributed by atoms with Crippen LogP contribution in [0.25, 0.3) is 21.3 Å². The van der Waals surface area contributed by atoms with E-state index in [9.17, 15) is 4.79 Å². The summed E-state index contributed by atoms with van der Waals surface area (Å²) in [5.41, 5.74) is 3.78. The van der Waals surface area contributed by atoms with Crippen molar-refractivity contribution in [2.24, 2.45) is 0 Å². The molecule has 3 heterocycles. The first kappa shape index (κ1) is 23.4. The third-order valence-corrected chi connectivity index (χ3v) is 8.50. The predicted molar refractivity (Wildman–Crippen MR) is 144 cm³/mol. The number of rotatable bonds is 7. The van der Waals surface area contributed by atoms with Crippen LogP contribution in [0.3, 0.4) is 0 Å². The molecule has 8 heteroatoms. The average Bonchev–Trinajstić information content (AvgIpc) is 3.49. The lowest BCUT2D eigenvalue weighted by molar-refractivity contribution is 0.0930. The predicted octanol–water partition coefficient (Wildman–Crippen LogP) is 5.79. The van der Waals surface area contributed by atoms with E-state index in [1.807, 2.05) is 50.4 Å². The Morgan fingerprint density at radius 1 is 1.25 bits per heavy atom. The van der Waals surface area contributed by atoms with Crippen LogP contribution >= 0.6 is 22.9 Å². The molecule has 4 aromatic rings. The highest BCUT2D eigenvalue weighted by atomic mass is 35.5. The average molecular weight is 519 g/mol. The number of thiazole rings is 1. The van der Waals surface area contributed by atoms with Gasteiger partial charge in [-0.25, -0.2) is 4.98 Å². The second-order valence-corrected chi connectivity index (χ2v) is 11.3. The summed E-state index contributed by atoms with van der Waals surface area (Å²) in [5.74, 6) is 0.618. The highest BCUT2D eigenvalue weighted by Crippen LogP contribution is 2.51. The Morgan fingerprint density at radius 2 is 2.08 bits per heavy atom. The van der Waals surface area contributed by atoms with Gasteiger partial charge in [-0.1, -0.05) is 23.7 Å². The fourth-order valence-electron chi connectivity index (χ4n) is 4.77. The zero-order chi connectivity index (χ0) is 24.9. The second-order valence-electron chi connectivity index (χ2n) is 9.69. The molecule has 1 atom stereocenters. The lowest BCUT2D eigenvalue weighted by Gasteiger charge is -2.27. The van der Waals surface area contributed by atoms with E-state index in [1.165, 1.54) is 0 Å². The molecule has 2 aromatic carbocycles. The van der Waals surface area contributed by atoms with Gasteiger partial charge in [0.25, 0.3) is 5.91 Å². The number of pyridine rings is 1. The van der Waals surface area contributed by atoms with Gasteiger partial charge in [0.05, 0.1) is 26.0 Å². The Kier molecular flexibility index (Phi) is 5.94. The van der Waals surface area contributed by atoms with Crippen molar-refractivity contribution in [2.45, 2.75) is 44.7 Å². The van der Waals surface area contributed by atoms with Crippen molar-refractivity contribution < 1.29 is 9.53 Å². The van der Waals surface area contributed by atoms with Gasteiger partial charge in [0.15, 0.2) is 0 Å². The van der Waals surface area contributed by atoms with Gasteiger partial charge < -0.3 is 15.4 Å². The molecule has 2 N–H and O–H groups in total. The lowest BCUT2D eigenvalue weighted by atomic mass is 9.95. The molecule has 1 aliphatic heterocycles. The molecule has 1 saturated carbocycles. The fraction of sp³-hybridized carbons (Fsp3) is 0.321. The summed E-state index contributed by atoms with van der Waals surface area (Å²) in [7, 11) is 0. The number of benzene rings is 2. The van der Waals surface area contributed by atoms with Crippen LogP contribution in [-0.4, -0.2) is 35.1 Å². The number of carbonyl (C=O) groups excluding carboxylic acids is 1. The topological polar surface area (TPSA) is 76.1 Å². The summed E-state index contributed by atoms with van der Waals surface area (Å²) in [6.45, 7) is 5.58. The quantitative estimate of drug-likeness (QED) is 0.324. The van der Waals surface area contributed by atoms with Crippen LogP contribution in [-0.2, 0) is 5.54 Å². The Balaban J connectivity index is 1.34. The van der Waals surface area contributed by atoms with E-state index in [1.54, 1.807) is 17.5 Å². The largest absolute Gasteiger partial charge is 0.492 e. The summed E-state index contributed by atoms with van der Waals surface area (Å²) in [6, 6.07) is 12.2. The molecular formula is C28H27ClN4O2S. The van der Waals surface area contributed by atoms with Crippen molar-refractivity contribution in [1.29, 1.82) is 0 Å². The first-order chi connectivity index (χ1) is 17.4. The van der Waals surface area contributed by atoms with Crippen LogP contribution < -0.4 is 15.4 Å². The van der Waals surface area contributed by atoms with Crippen molar-refractivity contribution in [3.63, 3.8) is 0 Å². The third-order valence-electron chi connectivity index (χ3n) is 7.17. The molecule has 1 saturated heterocycles. The second kappa shape index (κ2) is 9.14. The number of nitrogens with one attached hydrogen (secondary N) is 2. The van der Waals surface area contributed by atoms with Crippen LogP contribution in [0.15, 0.2) is 48.8 Å². The van der Waals surface area contributed by atoms with E-state index in [2.05, 4.69) is 26.7 Å². The molecule has 1 aliphatic carbocycles. The van der Waals surface area contributed by atoms with Crippen molar-refractivity contribution in [2.75, 3.05) is 13.2 Å². The van der Waals surface area contributed by atoms with Crippen molar-refractivity contribution >= 4 is 39.7 Å². The summed E-state index contributed by atoms with van der Waals surface area (Å²) in [6.07, 6.45) is 6.44. The van der Waals surface area contributed by atoms with Crippen molar-refractivity contribution in [1.82, 2.24) is 20.6 Å². The van der Waals surface area contributed by atoms with Crippen LogP contribution in [0, 0.1) is 13.8 Å². The summed E-state index contributed by atoms with van der Waals surface area (Å²) >= 11 is 8.45. The Morgan fingerprint density at radius 3 is 2.78 bits per heavy atom. The highest BCUT2D eigenvalue weighted by Gasteiger charge is 2.47. The molecule has 0 radical (unpaired) electrons. The number of amides is 1. The van der Waals surface area contributed by atoms with Crippen LogP contribution in [0.4, 0.5) is 0 Å². The van der Waals surface area contributed by atoms with E-state index in [4.69, 9.17) is 16.3 Å². The maximum Gasteiger partial charge on any atom is 0.252 e. The molecule has 2 aliphatic rings. The number of aromatic nitrogens is 2. The maximum atomic E-state index is 13.6. The molecule has 2 fully saturated rings. The molecule has 184 valence electrons. The Hall–Kier alpha value is -3.00. The van der Waals surface area contributed by atoms with Gasteiger partial charge in [0.1, 0.15) is 12.4 Å². The van der Waals surface area contributed by atoms with Gasteiger partial charge in [0.2, 0.25) is 0 Å². The minimum atomic E-state index is -0.462. The molecule has 36 heavy (non-hydrogen) atoms. The van der Waals surface area contributed by atoms with E-state index < -0.39 is 5.54 Å². The van der Waals surface area contributed by atoms with Gasteiger partial charge in [-0.15, -0.1) is 11.3 Å². The number of hydrogen-bond donors (Lipinski definition) is 2. The SMILES string of the molecule is Cc1ncc(-c2cc(C3(NC(=O)c4cc(OCC5CCN5)ccc4C)CC3)c3cccnc3c2Cl)s1. The van der Waals surface area contributed by atoms with Gasteiger partial charge in [0, 0.05) is 34.9 Å². The molecule has 2 aromatic heterocycles. The zero-order valence-corrected chi connectivity index (χ0v) is 21.8. The monoisotopic (exact) mass is 518 g/mol. The first-order valence-electron chi connectivity index (χ1n) is 12.2. The van der Waals surface area contributed by atoms with Crippen LogP contribution in [0.2, 0.25) is 5.02 Å². The number of fused-ring (bicyclic) bond motifs is 1. The summed E-state index contributed by atoms with van der Waals surface area (Å²) in [4.78, 5) is 23.6. The minimum absolute atomic E-state index is 0.0978. The summed E-state index contributed by atoms with van der Waals surface area (Å²) < 4.78 is 5.95. The minimum Gasteiger partial charge on any atom is -0.492 e. The van der Waals surface area contributed by atoms with E-state index in [0.717, 1.165) is 63.3 Å². The van der Waals surface area contributed by atoms with Gasteiger partial charge in [-0.05, 0) is 75.0 Å². The molecule has 0 spiro atoms. The standard InChI is InChI=1S/C28H27ClN4O2S/c1-16-5-6-19(35-15-18-7-11-30-18)12-21(16)27(34)33-28(8-9-28)23-13-22(24-14-32-17(2)36-24)25(29)26-20(23)4-3-10-31-26/h3-6,10,12-14,18,30H,7-9,11,15H2,1-2H3,(H,33,34). The van der Waals surface area contributed by atoms with E-state index in [0.29, 0.717) is 29.0 Å². The molecule has 0 bridgehead atoms.